The lowest BCUT2D eigenvalue weighted by atomic mass is 9.60. The van der Waals surface area contributed by atoms with Crippen molar-refractivity contribution in [2.45, 2.75) is 155 Å². The van der Waals surface area contributed by atoms with Gasteiger partial charge in [0, 0.05) is 6.42 Å². The largest absolute Gasteiger partial charge is 0.458 e. The van der Waals surface area contributed by atoms with Gasteiger partial charge < -0.3 is 18.3 Å². The van der Waals surface area contributed by atoms with E-state index in [4.69, 9.17) is 24.9 Å². The van der Waals surface area contributed by atoms with Crippen molar-refractivity contribution < 1.29 is 23.1 Å². The van der Waals surface area contributed by atoms with Crippen LogP contribution in [0.2, 0.25) is 10.1 Å². The second kappa shape index (κ2) is 19.6. The normalized spacial score (nSPS) is 25.6. The molecule has 4 aromatic rings. The first-order valence-electron chi connectivity index (χ1n) is 25.7. The summed E-state index contributed by atoms with van der Waals surface area (Å²) < 4.78 is 27.9. The van der Waals surface area contributed by atoms with Gasteiger partial charge in [0.1, 0.15) is 12.2 Å². The van der Waals surface area contributed by atoms with Crippen LogP contribution in [-0.4, -0.2) is 53.6 Å². The van der Waals surface area contributed by atoms with E-state index in [2.05, 4.69) is 182 Å². The lowest BCUT2D eigenvalue weighted by Gasteiger charge is -2.49. The van der Waals surface area contributed by atoms with Crippen LogP contribution in [0.25, 0.3) is 0 Å². The van der Waals surface area contributed by atoms with Crippen molar-refractivity contribution >= 4 is 43.4 Å². The van der Waals surface area contributed by atoms with Gasteiger partial charge in [0.05, 0.1) is 18.8 Å². The molecule has 0 radical (unpaired) electrons. The molecule has 7 heteroatoms. The maximum atomic E-state index is 12.6. The van der Waals surface area contributed by atoms with Crippen LogP contribution in [0.15, 0.2) is 157 Å². The predicted octanol–water partition coefficient (Wildman–Crippen LogP) is 12.4. The molecule has 0 aliphatic heterocycles. The highest BCUT2D eigenvalue weighted by Crippen LogP contribution is 2.68. The van der Waals surface area contributed by atoms with Crippen LogP contribution in [-0.2, 0) is 23.1 Å². The molecule has 0 amide bonds. The molecule has 0 heterocycles. The Balaban J connectivity index is 1.17. The summed E-state index contributed by atoms with van der Waals surface area (Å²) in [6.45, 7) is 28.2. The fraction of sp³-hybridized carbons (Fsp3) is 0.492. The van der Waals surface area contributed by atoms with Gasteiger partial charge in [0.2, 0.25) is 0 Å². The SMILES string of the molecule is C=C1C(=CC=C2CCC[C@]3(C)[C@@H](C4(COCC(=O)OC(C)(C)C)CC4)CC[C@@H]23)C[C@@H](O[Si](c2ccccc2)(c2ccccc2)C(C)(C)C)C[C@@H]1O[Si](c1ccccc1)(c1ccccc1)C(C)(C)C. The number of carbonyl (C=O) groups is 1. The molecular weight excluding hydrogens is 869 g/mol. The van der Waals surface area contributed by atoms with E-state index < -0.39 is 22.2 Å². The molecule has 4 saturated carbocycles. The third-order valence-corrected chi connectivity index (χ3v) is 26.5. The quantitative estimate of drug-likeness (QED) is 0.0931. The van der Waals surface area contributed by atoms with Crippen molar-refractivity contribution in [3.05, 3.63) is 157 Å². The second-order valence-electron chi connectivity index (χ2n) is 24.1. The highest BCUT2D eigenvalue weighted by Gasteiger charge is 2.61. The molecule has 4 aromatic carbocycles. The summed E-state index contributed by atoms with van der Waals surface area (Å²) in [6.07, 6.45) is 14.4. The fourth-order valence-electron chi connectivity index (χ4n) is 13.2. The molecule has 4 aliphatic rings. The number of hydrogen-bond acceptors (Lipinski definition) is 5. The van der Waals surface area contributed by atoms with Crippen molar-refractivity contribution in [3.63, 3.8) is 0 Å². The Morgan fingerprint density at radius 1 is 0.676 bits per heavy atom. The van der Waals surface area contributed by atoms with Crippen LogP contribution in [0.3, 0.4) is 0 Å². The van der Waals surface area contributed by atoms with Gasteiger partial charge in [-0.05, 0) is 137 Å². The summed E-state index contributed by atoms with van der Waals surface area (Å²) in [5.41, 5.74) is 3.74. The standard InChI is InChI=1S/C61H80O5Si2/c1-45-47(35-34-46-25-24-38-60(11)53(46)36-37-55(60)61(39-40-61)44-63-43-56(62)64-57(2,3)4)41-48(65-67(58(5,6)7,49-26-16-12-17-27-49)50-28-18-13-19-29-50)42-54(45)66-68(59(8,9)10,51-30-20-14-21-31-51)52-32-22-15-23-33-52/h12-23,26-35,48,53-55H,1,24-25,36-44H2,2-11H3/t48-,53+,54+,55+,60+/m1/s1. The van der Waals surface area contributed by atoms with Crippen molar-refractivity contribution in [2.24, 2.45) is 22.7 Å². The summed E-state index contributed by atoms with van der Waals surface area (Å²) in [5, 5.41) is 4.77. The van der Waals surface area contributed by atoms with Crippen molar-refractivity contribution in [2.75, 3.05) is 13.2 Å². The van der Waals surface area contributed by atoms with Gasteiger partial charge in [-0.3, -0.25) is 0 Å². The smallest absolute Gasteiger partial charge is 0.332 e. The van der Waals surface area contributed by atoms with E-state index in [1.807, 2.05) is 20.8 Å². The zero-order valence-corrected chi connectivity index (χ0v) is 45.0. The van der Waals surface area contributed by atoms with Gasteiger partial charge in [0.15, 0.2) is 0 Å². The number of benzene rings is 4. The third kappa shape index (κ3) is 9.94. The average molecular weight is 949 g/mol. The molecule has 5 nitrogen and oxygen atoms in total. The summed E-state index contributed by atoms with van der Waals surface area (Å²) in [6, 6.07) is 44.3. The molecule has 0 spiro atoms. The minimum absolute atomic E-state index is 0.0238. The predicted molar refractivity (Wildman–Crippen MR) is 286 cm³/mol. The van der Waals surface area contributed by atoms with Crippen LogP contribution in [0.5, 0.6) is 0 Å². The molecule has 68 heavy (non-hydrogen) atoms. The van der Waals surface area contributed by atoms with E-state index in [9.17, 15) is 4.79 Å². The van der Waals surface area contributed by atoms with E-state index in [1.54, 1.807) is 5.57 Å². The number of ether oxygens (including phenoxy) is 2. The van der Waals surface area contributed by atoms with E-state index >= 15 is 0 Å². The number of hydrogen-bond donors (Lipinski definition) is 0. The Morgan fingerprint density at radius 2 is 1.16 bits per heavy atom. The molecule has 8 rings (SSSR count). The topological polar surface area (TPSA) is 54.0 Å². The molecule has 0 bridgehead atoms. The molecule has 5 atom stereocenters. The van der Waals surface area contributed by atoms with Crippen LogP contribution < -0.4 is 20.7 Å². The van der Waals surface area contributed by atoms with Crippen LogP contribution >= 0.6 is 0 Å². The van der Waals surface area contributed by atoms with E-state index in [0.29, 0.717) is 18.4 Å². The van der Waals surface area contributed by atoms with E-state index in [0.717, 1.165) is 24.8 Å². The Bertz CT molecular complexity index is 2340. The zero-order chi connectivity index (χ0) is 48.6. The zero-order valence-electron chi connectivity index (χ0n) is 43.0. The summed E-state index contributed by atoms with van der Waals surface area (Å²) >= 11 is 0. The van der Waals surface area contributed by atoms with Gasteiger partial charge >= 0.3 is 5.97 Å². The second-order valence-corrected chi connectivity index (χ2v) is 32.6. The molecule has 0 unspecified atom stereocenters. The van der Waals surface area contributed by atoms with Crippen LogP contribution in [0.4, 0.5) is 0 Å². The summed E-state index contributed by atoms with van der Waals surface area (Å²) in [5.74, 6) is 0.821. The first-order valence-corrected chi connectivity index (χ1v) is 29.5. The molecular formula is C61H80O5Si2. The van der Waals surface area contributed by atoms with Gasteiger partial charge in [-0.15, -0.1) is 0 Å². The molecule has 4 fully saturated rings. The summed E-state index contributed by atoms with van der Waals surface area (Å²) in [7, 11) is -5.90. The molecule has 4 aliphatic carbocycles. The minimum atomic E-state index is -2.97. The highest BCUT2D eigenvalue weighted by molar-refractivity contribution is 7.00. The molecule has 362 valence electrons. The minimum Gasteiger partial charge on any atom is -0.458 e. The lowest BCUT2D eigenvalue weighted by Crippen LogP contribution is -2.69. The summed E-state index contributed by atoms with van der Waals surface area (Å²) in [4.78, 5) is 12.6. The Labute approximate surface area is 412 Å². The number of esters is 1. The first-order chi connectivity index (χ1) is 32.2. The maximum Gasteiger partial charge on any atom is 0.332 e. The highest BCUT2D eigenvalue weighted by atomic mass is 28.4. The Hall–Kier alpha value is -4.12. The molecule has 0 N–H and O–H groups in total. The average Bonchev–Trinajstić information content (AvgIpc) is 3.98. The monoisotopic (exact) mass is 949 g/mol. The van der Waals surface area contributed by atoms with Gasteiger partial charge in [0.25, 0.3) is 16.6 Å². The maximum absolute atomic E-state index is 12.6. The number of carbonyl (C=O) groups excluding carboxylic acids is 1. The number of fused-ring (bicyclic) bond motifs is 1. The van der Waals surface area contributed by atoms with E-state index in [-0.39, 0.29) is 45.7 Å². The number of allylic oxidation sites excluding steroid dienone is 3. The van der Waals surface area contributed by atoms with Crippen molar-refractivity contribution in [3.8, 4) is 0 Å². The lowest BCUT2D eigenvalue weighted by molar-refractivity contribution is -0.161. The van der Waals surface area contributed by atoms with Crippen molar-refractivity contribution in [1.82, 2.24) is 0 Å². The third-order valence-electron chi connectivity index (χ3n) is 16.3. The molecule has 0 aromatic heterocycles. The Morgan fingerprint density at radius 3 is 1.62 bits per heavy atom. The van der Waals surface area contributed by atoms with Gasteiger partial charge in [-0.1, -0.05) is 194 Å². The van der Waals surface area contributed by atoms with Crippen LogP contribution in [0, 0.1) is 22.7 Å². The van der Waals surface area contributed by atoms with Crippen molar-refractivity contribution in [1.29, 1.82) is 0 Å². The van der Waals surface area contributed by atoms with E-state index in [1.165, 1.54) is 64.8 Å². The Kier molecular flexibility index (Phi) is 14.5. The van der Waals surface area contributed by atoms with Gasteiger partial charge in [-0.25, -0.2) is 4.79 Å². The molecule has 0 saturated heterocycles. The first kappa shape index (κ1) is 50.3. The van der Waals surface area contributed by atoms with Crippen LogP contribution in [0.1, 0.15) is 127 Å². The fourth-order valence-corrected chi connectivity index (χ4v) is 22.6. The van der Waals surface area contributed by atoms with Gasteiger partial charge in [-0.2, -0.15) is 0 Å². The number of rotatable bonds is 14.